The minimum atomic E-state index is -0.780. The summed E-state index contributed by atoms with van der Waals surface area (Å²) in [6.45, 7) is 3.07. The van der Waals surface area contributed by atoms with Crippen molar-refractivity contribution in [3.8, 4) is 0 Å². The van der Waals surface area contributed by atoms with Crippen LogP contribution >= 0.6 is 0 Å². The molecule has 0 aromatic rings. The zero-order chi connectivity index (χ0) is 11.3. The number of hydrogen-bond acceptors (Lipinski definition) is 2. The minimum Gasteiger partial charge on any atom is -0.481 e. The predicted molar refractivity (Wildman–Crippen MR) is 56.5 cm³/mol. The fourth-order valence-corrected chi connectivity index (χ4v) is 1.75. The zero-order valence-electron chi connectivity index (χ0n) is 9.24. The van der Waals surface area contributed by atoms with Crippen LogP contribution in [0, 0.1) is 5.92 Å². The number of amides is 1. The van der Waals surface area contributed by atoms with Gasteiger partial charge >= 0.3 is 5.97 Å². The van der Waals surface area contributed by atoms with Gasteiger partial charge in [0.25, 0.3) is 0 Å². The summed E-state index contributed by atoms with van der Waals surface area (Å²) in [6.07, 6.45) is 4.32. The molecular formula is C11H19NO3. The Balaban J connectivity index is 2.35. The Bertz CT molecular complexity index is 240. The third kappa shape index (κ3) is 3.90. The zero-order valence-corrected chi connectivity index (χ0v) is 9.24. The van der Waals surface area contributed by atoms with Crippen LogP contribution in [0.2, 0.25) is 0 Å². The molecule has 0 radical (unpaired) electrons. The van der Waals surface area contributed by atoms with Gasteiger partial charge < -0.3 is 10.0 Å². The molecule has 1 N–H and O–H groups in total. The molecule has 1 fully saturated rings. The maximum Gasteiger partial charge on any atom is 0.306 e. The van der Waals surface area contributed by atoms with Gasteiger partial charge in [0.1, 0.15) is 0 Å². The number of aliphatic carboxylic acids is 1. The van der Waals surface area contributed by atoms with E-state index in [1.54, 1.807) is 6.92 Å². The lowest BCUT2D eigenvalue weighted by Crippen LogP contribution is -2.32. The Morgan fingerprint density at radius 3 is 2.87 bits per heavy atom. The third-order valence-electron chi connectivity index (χ3n) is 2.92. The van der Waals surface area contributed by atoms with E-state index in [9.17, 15) is 9.59 Å². The van der Waals surface area contributed by atoms with E-state index in [1.807, 2.05) is 4.90 Å². The van der Waals surface area contributed by atoms with E-state index in [2.05, 4.69) is 0 Å². The van der Waals surface area contributed by atoms with Gasteiger partial charge in [-0.2, -0.15) is 0 Å². The van der Waals surface area contributed by atoms with E-state index in [-0.39, 0.29) is 11.8 Å². The molecule has 1 aliphatic rings. The van der Waals surface area contributed by atoms with Crippen molar-refractivity contribution < 1.29 is 14.7 Å². The van der Waals surface area contributed by atoms with Crippen molar-refractivity contribution in [2.24, 2.45) is 5.92 Å². The lowest BCUT2D eigenvalue weighted by Gasteiger charge is -2.21. The molecule has 0 spiro atoms. The Morgan fingerprint density at radius 1 is 1.47 bits per heavy atom. The summed E-state index contributed by atoms with van der Waals surface area (Å²) in [5.41, 5.74) is 0. The van der Waals surface area contributed by atoms with E-state index < -0.39 is 5.97 Å². The third-order valence-corrected chi connectivity index (χ3v) is 2.92. The van der Waals surface area contributed by atoms with Crippen molar-refractivity contribution in [3.63, 3.8) is 0 Å². The van der Waals surface area contributed by atoms with E-state index in [1.165, 1.54) is 0 Å². The maximum absolute atomic E-state index is 11.6. The Morgan fingerprint density at radius 2 is 2.20 bits per heavy atom. The van der Waals surface area contributed by atoms with Crippen LogP contribution in [0.25, 0.3) is 0 Å². The monoisotopic (exact) mass is 213 g/mol. The van der Waals surface area contributed by atoms with Gasteiger partial charge in [-0.1, -0.05) is 13.3 Å². The SMILES string of the molecule is CC(CCN1CCCCCC1=O)C(=O)O. The fourth-order valence-electron chi connectivity index (χ4n) is 1.75. The highest BCUT2D eigenvalue weighted by molar-refractivity contribution is 5.76. The molecule has 4 nitrogen and oxygen atoms in total. The highest BCUT2D eigenvalue weighted by Gasteiger charge is 2.18. The minimum absolute atomic E-state index is 0.185. The first-order valence-electron chi connectivity index (χ1n) is 5.62. The Labute approximate surface area is 90.3 Å². The van der Waals surface area contributed by atoms with Crippen LogP contribution in [0.3, 0.4) is 0 Å². The molecule has 1 rings (SSSR count). The number of carboxylic acids is 1. The average Bonchev–Trinajstić information content (AvgIpc) is 2.39. The van der Waals surface area contributed by atoms with Gasteiger partial charge in [-0.25, -0.2) is 0 Å². The van der Waals surface area contributed by atoms with Crippen molar-refractivity contribution in [2.45, 2.75) is 39.0 Å². The van der Waals surface area contributed by atoms with Crippen molar-refractivity contribution in [1.29, 1.82) is 0 Å². The molecule has 15 heavy (non-hydrogen) atoms. The molecule has 0 aliphatic carbocycles. The lowest BCUT2D eigenvalue weighted by atomic mass is 10.1. The summed E-state index contributed by atoms with van der Waals surface area (Å²) in [7, 11) is 0. The van der Waals surface area contributed by atoms with Crippen LogP contribution in [0.15, 0.2) is 0 Å². The molecule has 0 aromatic carbocycles. The molecule has 0 saturated carbocycles. The number of rotatable bonds is 4. The molecule has 1 amide bonds. The van der Waals surface area contributed by atoms with E-state index >= 15 is 0 Å². The summed E-state index contributed by atoms with van der Waals surface area (Å²) in [5, 5.41) is 8.73. The van der Waals surface area contributed by atoms with Crippen LogP contribution < -0.4 is 0 Å². The van der Waals surface area contributed by atoms with E-state index in [4.69, 9.17) is 5.11 Å². The molecular weight excluding hydrogens is 194 g/mol. The largest absolute Gasteiger partial charge is 0.481 e. The van der Waals surface area contributed by atoms with Gasteiger partial charge in [-0.15, -0.1) is 0 Å². The van der Waals surface area contributed by atoms with Crippen LogP contribution in [0.4, 0.5) is 0 Å². The number of carbonyl (C=O) groups is 2. The van der Waals surface area contributed by atoms with Crippen LogP contribution in [-0.4, -0.2) is 35.0 Å². The number of carboxylic acid groups (broad SMARTS) is 1. The summed E-state index contributed by atoms with van der Waals surface area (Å²) in [6, 6.07) is 0. The average molecular weight is 213 g/mol. The summed E-state index contributed by atoms with van der Waals surface area (Å²) in [4.78, 5) is 24.0. The van der Waals surface area contributed by atoms with Gasteiger partial charge in [0, 0.05) is 19.5 Å². The summed E-state index contributed by atoms with van der Waals surface area (Å²) < 4.78 is 0. The van der Waals surface area contributed by atoms with Gasteiger partial charge in [0.05, 0.1) is 5.92 Å². The quantitative estimate of drug-likeness (QED) is 0.770. The van der Waals surface area contributed by atoms with Crippen LogP contribution in [0.1, 0.15) is 39.0 Å². The predicted octanol–water partition coefficient (Wildman–Crippen LogP) is 1.50. The van der Waals surface area contributed by atoms with Crippen molar-refractivity contribution in [2.75, 3.05) is 13.1 Å². The first-order chi connectivity index (χ1) is 7.11. The van der Waals surface area contributed by atoms with Crippen LogP contribution in [-0.2, 0) is 9.59 Å². The van der Waals surface area contributed by atoms with Gasteiger partial charge in [-0.05, 0) is 19.3 Å². The molecule has 0 bridgehead atoms. The molecule has 86 valence electrons. The molecule has 1 heterocycles. The number of likely N-dealkylation sites (tertiary alicyclic amines) is 1. The highest BCUT2D eigenvalue weighted by Crippen LogP contribution is 2.13. The molecule has 1 atom stereocenters. The van der Waals surface area contributed by atoms with Crippen molar-refractivity contribution in [1.82, 2.24) is 4.90 Å². The fraction of sp³-hybridized carbons (Fsp3) is 0.818. The second-order valence-corrected chi connectivity index (χ2v) is 4.22. The summed E-state index contributed by atoms with van der Waals surface area (Å²) >= 11 is 0. The normalized spacial score (nSPS) is 19.8. The maximum atomic E-state index is 11.6. The number of nitrogens with zero attached hydrogens (tertiary/aromatic N) is 1. The van der Waals surface area contributed by atoms with E-state index in [0.717, 1.165) is 25.8 Å². The van der Waals surface area contributed by atoms with Gasteiger partial charge in [0.15, 0.2) is 0 Å². The van der Waals surface area contributed by atoms with Gasteiger partial charge in [0.2, 0.25) is 5.91 Å². The topological polar surface area (TPSA) is 57.6 Å². The second-order valence-electron chi connectivity index (χ2n) is 4.22. The lowest BCUT2D eigenvalue weighted by molar-refractivity contribution is -0.142. The molecule has 0 aromatic heterocycles. The van der Waals surface area contributed by atoms with E-state index in [0.29, 0.717) is 19.4 Å². The Kier molecular flexibility index (Phi) is 4.59. The first kappa shape index (κ1) is 12.0. The standard InChI is InChI=1S/C11H19NO3/c1-9(11(14)15)6-8-12-7-4-2-3-5-10(12)13/h9H,2-8H2,1H3,(H,14,15). The first-order valence-corrected chi connectivity index (χ1v) is 5.62. The molecule has 1 unspecified atom stereocenters. The van der Waals surface area contributed by atoms with Crippen molar-refractivity contribution in [3.05, 3.63) is 0 Å². The molecule has 1 saturated heterocycles. The van der Waals surface area contributed by atoms with Gasteiger partial charge in [-0.3, -0.25) is 9.59 Å². The molecule has 4 heteroatoms. The smallest absolute Gasteiger partial charge is 0.306 e. The molecule has 1 aliphatic heterocycles. The number of hydrogen-bond donors (Lipinski definition) is 1. The highest BCUT2D eigenvalue weighted by atomic mass is 16.4. The van der Waals surface area contributed by atoms with Crippen molar-refractivity contribution >= 4 is 11.9 Å². The second kappa shape index (κ2) is 5.73. The number of carbonyl (C=O) groups excluding carboxylic acids is 1. The van der Waals surface area contributed by atoms with Crippen LogP contribution in [0.5, 0.6) is 0 Å². The Hall–Kier alpha value is -1.06. The summed E-state index contributed by atoms with van der Waals surface area (Å²) in [5.74, 6) is -0.955.